The lowest BCUT2D eigenvalue weighted by molar-refractivity contribution is 0.779. The molecule has 3 aromatic rings. The quantitative estimate of drug-likeness (QED) is 0.714. The fourth-order valence-electron chi connectivity index (χ4n) is 2.75. The molecule has 0 bridgehead atoms. The standard InChI is InChI=1S/C19H20N2O.CH4/c1-11(2)20-17-15-9-13-7-5-6-8-14(13)10-16(15)19(22)18(17)21-12(3)4;/h5-12H,1-4H3;1H4. The van der Waals surface area contributed by atoms with Crippen molar-refractivity contribution >= 4 is 21.5 Å². The number of fused-ring (bicyclic) bond motifs is 2. The van der Waals surface area contributed by atoms with Crippen LogP contribution in [0, 0.1) is 0 Å². The zero-order chi connectivity index (χ0) is 15.9. The first-order valence-corrected chi connectivity index (χ1v) is 7.71. The first-order valence-electron chi connectivity index (χ1n) is 7.71. The highest BCUT2D eigenvalue weighted by atomic mass is 16.1. The molecule has 0 saturated carbocycles. The monoisotopic (exact) mass is 308 g/mol. The molecule has 0 saturated heterocycles. The van der Waals surface area contributed by atoms with Crippen LogP contribution in [0.15, 0.2) is 51.2 Å². The van der Waals surface area contributed by atoms with Crippen LogP contribution in [0.1, 0.15) is 35.1 Å². The molecule has 0 fully saturated rings. The molecule has 120 valence electrons. The molecule has 0 unspecified atom stereocenters. The SMILES string of the molecule is C.CC(C)N=c1c(=O)c2cc3ccccc3cc2c1=NC(C)C. The van der Waals surface area contributed by atoms with Gasteiger partial charge in [0.2, 0.25) is 5.43 Å². The van der Waals surface area contributed by atoms with Crippen molar-refractivity contribution in [2.75, 3.05) is 0 Å². The molecule has 0 aliphatic heterocycles. The van der Waals surface area contributed by atoms with Gasteiger partial charge >= 0.3 is 0 Å². The number of benzene rings is 2. The molecular weight excluding hydrogens is 284 g/mol. The topological polar surface area (TPSA) is 41.8 Å². The van der Waals surface area contributed by atoms with E-state index in [2.05, 4.69) is 22.1 Å². The molecule has 0 aliphatic rings. The van der Waals surface area contributed by atoms with E-state index in [0.29, 0.717) is 5.36 Å². The van der Waals surface area contributed by atoms with Crippen molar-refractivity contribution in [2.24, 2.45) is 9.98 Å². The van der Waals surface area contributed by atoms with Gasteiger partial charge in [0.15, 0.2) is 0 Å². The van der Waals surface area contributed by atoms with Crippen molar-refractivity contribution in [3.63, 3.8) is 0 Å². The van der Waals surface area contributed by atoms with E-state index >= 15 is 0 Å². The third kappa shape index (κ3) is 3.09. The summed E-state index contributed by atoms with van der Waals surface area (Å²) in [6.07, 6.45) is 0. The maximum atomic E-state index is 12.8. The minimum Gasteiger partial charge on any atom is -0.287 e. The minimum atomic E-state index is -0.00569. The van der Waals surface area contributed by atoms with Gasteiger partial charge in [-0.15, -0.1) is 0 Å². The van der Waals surface area contributed by atoms with E-state index in [1.54, 1.807) is 0 Å². The van der Waals surface area contributed by atoms with Crippen LogP contribution < -0.4 is 16.1 Å². The second-order valence-corrected chi connectivity index (χ2v) is 6.22. The molecule has 0 radical (unpaired) electrons. The van der Waals surface area contributed by atoms with Crippen LogP contribution in [0.3, 0.4) is 0 Å². The van der Waals surface area contributed by atoms with Crippen molar-refractivity contribution in [3.05, 3.63) is 57.3 Å². The maximum Gasteiger partial charge on any atom is 0.213 e. The molecule has 3 heteroatoms. The maximum absolute atomic E-state index is 12.8. The predicted octanol–water partition coefficient (Wildman–Crippen LogP) is 3.48. The molecule has 0 N–H and O–H groups in total. The first-order chi connectivity index (χ1) is 10.5. The van der Waals surface area contributed by atoms with E-state index < -0.39 is 0 Å². The van der Waals surface area contributed by atoms with Gasteiger partial charge in [0.25, 0.3) is 0 Å². The summed E-state index contributed by atoms with van der Waals surface area (Å²) in [5, 5.41) is 5.08. The van der Waals surface area contributed by atoms with E-state index in [-0.39, 0.29) is 24.9 Å². The van der Waals surface area contributed by atoms with E-state index in [9.17, 15) is 4.79 Å². The highest BCUT2D eigenvalue weighted by Gasteiger charge is 2.11. The summed E-state index contributed by atoms with van der Waals surface area (Å²) in [6, 6.07) is 12.3. The van der Waals surface area contributed by atoms with Gasteiger partial charge in [0, 0.05) is 22.9 Å². The van der Waals surface area contributed by atoms with E-state index in [1.165, 1.54) is 0 Å². The minimum absolute atomic E-state index is 0. The number of hydrogen-bond donors (Lipinski definition) is 0. The van der Waals surface area contributed by atoms with Gasteiger partial charge in [-0.05, 0) is 50.6 Å². The van der Waals surface area contributed by atoms with Crippen molar-refractivity contribution in [2.45, 2.75) is 47.2 Å². The van der Waals surface area contributed by atoms with Crippen LogP contribution >= 0.6 is 0 Å². The summed E-state index contributed by atoms with van der Waals surface area (Å²) in [4.78, 5) is 22.0. The van der Waals surface area contributed by atoms with Gasteiger partial charge in [0.05, 0.1) is 5.36 Å². The second-order valence-electron chi connectivity index (χ2n) is 6.22. The molecule has 0 aliphatic carbocycles. The summed E-state index contributed by atoms with van der Waals surface area (Å²) in [5.74, 6) is 0. The largest absolute Gasteiger partial charge is 0.287 e. The Labute approximate surface area is 136 Å². The van der Waals surface area contributed by atoms with Gasteiger partial charge < -0.3 is 0 Å². The molecule has 0 heterocycles. The summed E-state index contributed by atoms with van der Waals surface area (Å²) in [7, 11) is 0. The molecule has 23 heavy (non-hydrogen) atoms. The zero-order valence-corrected chi connectivity index (χ0v) is 13.4. The molecule has 0 atom stereocenters. The average molecular weight is 308 g/mol. The Morgan fingerprint density at radius 1 is 0.783 bits per heavy atom. The Bertz CT molecular complexity index is 1000. The Morgan fingerprint density at radius 2 is 1.26 bits per heavy atom. The van der Waals surface area contributed by atoms with Gasteiger partial charge in [-0.25, -0.2) is 0 Å². The average Bonchev–Trinajstić information content (AvgIpc) is 2.70. The van der Waals surface area contributed by atoms with E-state index in [1.807, 2.05) is 52.0 Å². The molecular formula is C20H24N2O. The molecule has 0 amide bonds. The van der Waals surface area contributed by atoms with Gasteiger partial charge in [-0.3, -0.25) is 14.8 Å². The summed E-state index contributed by atoms with van der Waals surface area (Å²) >= 11 is 0. The predicted molar refractivity (Wildman–Crippen MR) is 98.2 cm³/mol. The fourth-order valence-corrected chi connectivity index (χ4v) is 2.75. The summed E-state index contributed by atoms with van der Waals surface area (Å²) in [5.41, 5.74) is -0.00569. The molecule has 3 aromatic carbocycles. The van der Waals surface area contributed by atoms with Crippen LogP contribution in [-0.2, 0) is 0 Å². The second kappa shape index (κ2) is 6.45. The first kappa shape index (κ1) is 17.1. The lowest BCUT2D eigenvalue weighted by Gasteiger charge is -1.98. The molecule has 3 nitrogen and oxygen atoms in total. The molecule has 0 spiro atoms. The van der Waals surface area contributed by atoms with Crippen molar-refractivity contribution in [1.29, 1.82) is 0 Å². The van der Waals surface area contributed by atoms with Crippen LogP contribution in [-0.4, -0.2) is 12.1 Å². The summed E-state index contributed by atoms with van der Waals surface area (Å²) in [6.45, 7) is 7.99. The number of rotatable bonds is 2. The Balaban J connectivity index is 0.00000192. The molecule has 3 rings (SSSR count). The van der Waals surface area contributed by atoms with Crippen molar-refractivity contribution < 1.29 is 0 Å². The normalized spacial score (nSPS) is 13.5. The Hall–Kier alpha value is -2.29. The van der Waals surface area contributed by atoms with Crippen molar-refractivity contribution in [3.8, 4) is 0 Å². The summed E-state index contributed by atoms with van der Waals surface area (Å²) < 4.78 is 0. The lowest BCUT2D eigenvalue weighted by atomic mass is 10.1. The molecule has 0 aromatic heterocycles. The lowest BCUT2D eigenvalue weighted by Crippen LogP contribution is -2.34. The van der Waals surface area contributed by atoms with Crippen molar-refractivity contribution in [1.82, 2.24) is 0 Å². The van der Waals surface area contributed by atoms with E-state index in [4.69, 9.17) is 0 Å². The van der Waals surface area contributed by atoms with Gasteiger partial charge in [0.1, 0.15) is 5.36 Å². The highest BCUT2D eigenvalue weighted by Crippen LogP contribution is 2.18. The highest BCUT2D eigenvalue weighted by molar-refractivity contribution is 5.98. The van der Waals surface area contributed by atoms with Gasteiger partial charge in [-0.1, -0.05) is 31.7 Å². The number of nitrogens with zero attached hydrogens (tertiary/aromatic N) is 2. The zero-order valence-electron chi connectivity index (χ0n) is 13.4. The van der Waals surface area contributed by atoms with E-state index in [0.717, 1.165) is 26.9 Å². The third-order valence-electron chi connectivity index (χ3n) is 3.60. The van der Waals surface area contributed by atoms with Crippen LogP contribution in [0.2, 0.25) is 0 Å². The van der Waals surface area contributed by atoms with Crippen LogP contribution in [0.4, 0.5) is 0 Å². The van der Waals surface area contributed by atoms with Gasteiger partial charge in [-0.2, -0.15) is 0 Å². The van der Waals surface area contributed by atoms with Crippen LogP contribution in [0.5, 0.6) is 0 Å². The number of hydrogen-bond acceptors (Lipinski definition) is 3. The third-order valence-corrected chi connectivity index (χ3v) is 3.60. The van der Waals surface area contributed by atoms with Crippen LogP contribution in [0.25, 0.3) is 21.5 Å². The Kier molecular flexibility index (Phi) is 4.79. The smallest absolute Gasteiger partial charge is 0.213 e. The fraction of sp³-hybridized carbons (Fsp3) is 0.350. The Morgan fingerprint density at radius 3 is 1.78 bits per heavy atom.